The minimum absolute atomic E-state index is 0.163. The Kier molecular flexibility index (Phi) is 14.5. The first-order chi connectivity index (χ1) is 32.3. The molecule has 8 bridgehead atoms. The quantitative estimate of drug-likeness (QED) is 0.0556. The SMILES string of the molecule is CCCCCC1c2cc3c4cc2OCOc2c1cc1c(c2B(O)O)OCOc2cc5c(cc2C1CCCCC)C(CCCCC)c1cc(c(c(B(O)O)c1OCO5)OCO4)C3CCCCC. The van der Waals surface area contributed by atoms with Gasteiger partial charge in [0.25, 0.3) is 0 Å². The van der Waals surface area contributed by atoms with E-state index in [1.807, 2.05) is 12.1 Å². The highest BCUT2D eigenvalue weighted by atomic mass is 16.7. The van der Waals surface area contributed by atoms with Crippen LogP contribution in [0.4, 0.5) is 0 Å². The van der Waals surface area contributed by atoms with Crippen molar-refractivity contribution in [2.45, 2.75) is 154 Å². The zero-order valence-electron chi connectivity index (χ0n) is 39.1. The summed E-state index contributed by atoms with van der Waals surface area (Å²) in [5, 5.41) is 46.0. The average Bonchev–Trinajstić information content (AvgIpc) is 3.28. The maximum atomic E-state index is 11.5. The molecule has 4 aromatic carbocycles. The largest absolute Gasteiger partial charge is 0.496 e. The van der Waals surface area contributed by atoms with Gasteiger partial charge in [-0.2, -0.15) is 0 Å². The van der Waals surface area contributed by atoms with Crippen molar-refractivity contribution in [3.05, 3.63) is 80.9 Å². The van der Waals surface area contributed by atoms with Crippen LogP contribution in [-0.2, 0) is 0 Å². The van der Waals surface area contributed by atoms with Gasteiger partial charge in [0.2, 0.25) is 27.2 Å². The van der Waals surface area contributed by atoms with E-state index in [-0.39, 0.29) is 61.8 Å². The normalized spacial score (nSPS) is 19.4. The predicted octanol–water partition coefficient (Wildman–Crippen LogP) is 9.12. The molecule has 0 amide bonds. The molecule has 0 radical (unpaired) electrons. The molecular weight excluding hydrogens is 838 g/mol. The molecule has 5 aliphatic rings. The van der Waals surface area contributed by atoms with Crippen LogP contribution in [0.1, 0.15) is 199 Å². The molecule has 1 aliphatic carbocycles. The van der Waals surface area contributed by atoms with E-state index in [9.17, 15) is 20.1 Å². The number of rotatable bonds is 18. The van der Waals surface area contributed by atoms with E-state index < -0.39 is 14.2 Å². The summed E-state index contributed by atoms with van der Waals surface area (Å²) in [6.45, 7) is 7.96. The average molecular weight is 905 g/mol. The third kappa shape index (κ3) is 8.79. The van der Waals surface area contributed by atoms with Gasteiger partial charge in [0.05, 0.1) is 10.9 Å². The minimum Gasteiger partial charge on any atom is -0.457 e. The molecule has 0 fully saturated rings. The summed E-state index contributed by atoms with van der Waals surface area (Å²) in [7, 11) is -3.86. The topological polar surface area (TPSA) is 155 Å². The van der Waals surface area contributed by atoms with E-state index in [1.54, 1.807) is 0 Å². The highest BCUT2D eigenvalue weighted by Crippen LogP contribution is 2.54. The zero-order valence-corrected chi connectivity index (χ0v) is 39.1. The second-order valence-corrected chi connectivity index (χ2v) is 18.7. The minimum atomic E-state index is -1.93. The van der Waals surface area contributed by atoms with E-state index in [1.165, 1.54) is 0 Å². The molecule has 0 saturated heterocycles. The Morgan fingerprint density at radius 1 is 0.348 bits per heavy atom. The molecule has 0 aromatic heterocycles. The standard InChI is InChI=1S/C52H66B2O12/c1-5-9-13-17-31-35-21-36-32(18-14-10-6-2)41-24-42-34(20-16-12-8-4)38-22-37-33(19-15-11-7-3)40-23-39(31)49-47(53(55)56)50(40)64-29-61-45(37)26-46(38)62-30-66-52(42)48(54(57)58)51(41)65-28-60-44(36)25-43(35)59-27-63-49/h21-26,31-34,55-58H,5-20,27-30H2,1-4H3. The van der Waals surface area contributed by atoms with Gasteiger partial charge in [-0.3, -0.25) is 0 Å². The number of hydrogen-bond acceptors (Lipinski definition) is 12. The Hall–Kier alpha value is -4.75. The van der Waals surface area contributed by atoms with Crippen LogP contribution in [0, 0.1) is 0 Å². The van der Waals surface area contributed by atoms with Crippen LogP contribution in [-0.4, -0.2) is 61.5 Å². The maximum absolute atomic E-state index is 11.5. The van der Waals surface area contributed by atoms with Gasteiger partial charge in [0.1, 0.15) is 46.0 Å². The van der Waals surface area contributed by atoms with Crippen LogP contribution < -0.4 is 48.8 Å². The van der Waals surface area contributed by atoms with Crippen LogP contribution in [0.3, 0.4) is 0 Å². The monoisotopic (exact) mass is 904 g/mol. The molecule has 4 N–H and O–H groups in total. The van der Waals surface area contributed by atoms with Crippen molar-refractivity contribution in [1.29, 1.82) is 0 Å². The Morgan fingerprint density at radius 3 is 0.818 bits per heavy atom. The molecule has 4 aliphatic heterocycles. The molecule has 352 valence electrons. The van der Waals surface area contributed by atoms with Gasteiger partial charge >= 0.3 is 14.2 Å². The first-order valence-electron chi connectivity index (χ1n) is 24.8. The van der Waals surface area contributed by atoms with Crippen LogP contribution in [0.5, 0.6) is 46.0 Å². The molecule has 4 heterocycles. The molecule has 4 unspecified atom stereocenters. The van der Waals surface area contributed by atoms with Crippen LogP contribution in [0.25, 0.3) is 0 Å². The highest BCUT2D eigenvalue weighted by molar-refractivity contribution is 6.61. The molecule has 0 saturated carbocycles. The van der Waals surface area contributed by atoms with Crippen molar-refractivity contribution < 1.29 is 58.0 Å². The van der Waals surface area contributed by atoms with Gasteiger partial charge in [-0.1, -0.05) is 105 Å². The summed E-state index contributed by atoms with van der Waals surface area (Å²) in [5.74, 6) is 2.67. The molecule has 66 heavy (non-hydrogen) atoms. The number of benzene rings is 4. The lowest BCUT2D eigenvalue weighted by Crippen LogP contribution is -2.37. The number of hydrogen-bond donors (Lipinski definition) is 4. The van der Waals surface area contributed by atoms with Crippen molar-refractivity contribution in [2.24, 2.45) is 0 Å². The van der Waals surface area contributed by atoms with E-state index in [0.29, 0.717) is 46.0 Å². The first kappa shape index (κ1) is 46.4. The van der Waals surface area contributed by atoms with Crippen LogP contribution in [0.15, 0.2) is 36.4 Å². The summed E-state index contributed by atoms with van der Waals surface area (Å²) < 4.78 is 52.3. The fourth-order valence-corrected chi connectivity index (χ4v) is 11.3. The van der Waals surface area contributed by atoms with Gasteiger partial charge < -0.3 is 58.0 Å². The molecular formula is C52H66B2O12. The van der Waals surface area contributed by atoms with Crippen molar-refractivity contribution in [2.75, 3.05) is 27.2 Å². The highest BCUT2D eigenvalue weighted by Gasteiger charge is 2.42. The van der Waals surface area contributed by atoms with Gasteiger partial charge in [-0.05, 0) is 49.9 Å². The first-order valence-corrected chi connectivity index (χ1v) is 24.8. The summed E-state index contributed by atoms with van der Waals surface area (Å²) in [6, 6.07) is 12.8. The molecule has 4 aromatic rings. The molecule has 0 spiro atoms. The third-order valence-electron chi connectivity index (χ3n) is 14.5. The lowest BCUT2D eigenvalue weighted by molar-refractivity contribution is 0.100. The molecule has 9 rings (SSSR count). The summed E-state index contributed by atoms with van der Waals surface area (Å²) in [5.41, 5.74) is 7.49. The maximum Gasteiger partial charge on any atom is 0.496 e. The third-order valence-corrected chi connectivity index (χ3v) is 14.5. The molecule has 4 atom stereocenters. The Balaban J connectivity index is 1.44. The smallest absolute Gasteiger partial charge is 0.457 e. The van der Waals surface area contributed by atoms with Gasteiger partial charge in [-0.25, -0.2) is 0 Å². The summed E-state index contributed by atoms with van der Waals surface area (Å²) in [4.78, 5) is 0. The second-order valence-electron chi connectivity index (χ2n) is 18.7. The predicted molar refractivity (Wildman–Crippen MR) is 254 cm³/mol. The summed E-state index contributed by atoms with van der Waals surface area (Å²) >= 11 is 0. The van der Waals surface area contributed by atoms with E-state index in [0.717, 1.165) is 147 Å². The van der Waals surface area contributed by atoms with Crippen LogP contribution >= 0.6 is 0 Å². The lowest BCUT2D eigenvalue weighted by atomic mass is 9.69. The van der Waals surface area contributed by atoms with Crippen molar-refractivity contribution >= 4 is 25.2 Å². The molecule has 14 heteroatoms. The Labute approximate surface area is 390 Å². The second kappa shape index (κ2) is 20.6. The van der Waals surface area contributed by atoms with Crippen LogP contribution in [0.2, 0.25) is 0 Å². The Bertz CT molecular complexity index is 2070. The number of ether oxygens (including phenoxy) is 8. The van der Waals surface area contributed by atoms with E-state index >= 15 is 0 Å². The molecule has 12 nitrogen and oxygen atoms in total. The fourth-order valence-electron chi connectivity index (χ4n) is 11.3. The summed E-state index contributed by atoms with van der Waals surface area (Å²) in [6.07, 6.45) is 14.6. The van der Waals surface area contributed by atoms with E-state index in [4.69, 9.17) is 37.9 Å². The Morgan fingerprint density at radius 2 is 0.591 bits per heavy atom. The van der Waals surface area contributed by atoms with Crippen molar-refractivity contribution in [1.82, 2.24) is 0 Å². The number of unbranched alkanes of at least 4 members (excludes halogenated alkanes) is 8. The van der Waals surface area contributed by atoms with E-state index in [2.05, 4.69) is 52.0 Å². The van der Waals surface area contributed by atoms with Crippen molar-refractivity contribution in [3.63, 3.8) is 0 Å². The van der Waals surface area contributed by atoms with Crippen molar-refractivity contribution in [3.8, 4) is 46.0 Å². The van der Waals surface area contributed by atoms with Gasteiger partial charge in [0.15, 0.2) is 0 Å². The lowest BCUT2D eigenvalue weighted by Gasteiger charge is -2.36. The van der Waals surface area contributed by atoms with Gasteiger partial charge in [-0.15, -0.1) is 0 Å². The van der Waals surface area contributed by atoms with Gasteiger partial charge in [0, 0.05) is 80.3 Å². The fraction of sp³-hybridized carbons (Fsp3) is 0.538. The zero-order chi connectivity index (χ0) is 45.9.